The highest BCUT2D eigenvalue weighted by Crippen LogP contribution is 2.20. The number of ketones is 1. The van der Waals surface area contributed by atoms with Gasteiger partial charge in [-0.1, -0.05) is 103 Å². The van der Waals surface area contributed by atoms with Crippen LogP contribution in [0.15, 0.2) is 24.3 Å². The number of carbonyl (C=O) groups is 1. The molecule has 1 unspecified atom stereocenters. The number of hydrogen-bond donors (Lipinski definition) is 0. The molecule has 1 atom stereocenters. The van der Waals surface area contributed by atoms with Crippen LogP contribution in [0, 0.1) is 5.82 Å². The lowest BCUT2D eigenvalue weighted by atomic mass is 9.93. The molecule has 26 heavy (non-hydrogen) atoms. The van der Waals surface area contributed by atoms with E-state index in [0.29, 0.717) is 6.42 Å². The van der Waals surface area contributed by atoms with Crippen LogP contribution < -0.4 is 0 Å². The van der Waals surface area contributed by atoms with E-state index in [0.717, 1.165) is 18.4 Å². The number of hydrogen-bond acceptors (Lipinski definition) is 1. The monoisotopic (exact) mass is 362 g/mol. The summed E-state index contributed by atoms with van der Waals surface area (Å²) in [4.78, 5) is 12.2. The van der Waals surface area contributed by atoms with Crippen LogP contribution in [0.3, 0.4) is 0 Å². The zero-order valence-electron chi connectivity index (χ0n) is 17.1. The molecular weight excluding hydrogens is 323 g/mol. The van der Waals surface area contributed by atoms with Gasteiger partial charge in [-0.05, 0) is 24.1 Å². The van der Waals surface area contributed by atoms with Crippen LogP contribution in [0.4, 0.5) is 4.39 Å². The highest BCUT2D eigenvalue weighted by molar-refractivity contribution is 5.85. The molecule has 0 radical (unpaired) electrons. The van der Waals surface area contributed by atoms with E-state index in [9.17, 15) is 9.18 Å². The molecule has 0 saturated carbocycles. The molecule has 1 aromatic carbocycles. The molecule has 148 valence electrons. The average molecular weight is 363 g/mol. The van der Waals surface area contributed by atoms with Crippen LogP contribution in [-0.2, 0) is 4.79 Å². The van der Waals surface area contributed by atoms with E-state index in [1.807, 2.05) is 6.92 Å². The Morgan fingerprint density at radius 3 is 1.65 bits per heavy atom. The molecule has 0 aliphatic heterocycles. The van der Waals surface area contributed by atoms with Crippen LogP contribution in [0.1, 0.15) is 115 Å². The summed E-state index contributed by atoms with van der Waals surface area (Å²) in [5.41, 5.74) is 0.922. The molecule has 0 saturated heterocycles. The Morgan fingerprint density at radius 2 is 1.19 bits per heavy atom. The average Bonchev–Trinajstić information content (AvgIpc) is 2.65. The summed E-state index contributed by atoms with van der Waals surface area (Å²) in [5, 5.41) is 0. The van der Waals surface area contributed by atoms with Gasteiger partial charge in [0.15, 0.2) is 0 Å². The summed E-state index contributed by atoms with van der Waals surface area (Å²) in [6, 6.07) is 6.32. The van der Waals surface area contributed by atoms with Gasteiger partial charge in [-0.25, -0.2) is 4.39 Å². The fourth-order valence-electron chi connectivity index (χ4n) is 3.47. The molecule has 0 spiro atoms. The van der Waals surface area contributed by atoms with Crippen molar-refractivity contribution in [3.05, 3.63) is 35.6 Å². The minimum absolute atomic E-state index is 0.118. The molecule has 0 N–H and O–H groups in total. The molecule has 2 heteroatoms. The van der Waals surface area contributed by atoms with Gasteiger partial charge in [0.25, 0.3) is 0 Å². The minimum atomic E-state index is -0.245. The zero-order valence-corrected chi connectivity index (χ0v) is 17.1. The molecule has 1 rings (SSSR count). The summed E-state index contributed by atoms with van der Waals surface area (Å²) in [6.45, 7) is 4.19. The van der Waals surface area contributed by atoms with Crippen molar-refractivity contribution in [2.24, 2.45) is 0 Å². The first-order chi connectivity index (χ1) is 12.6. The lowest BCUT2D eigenvalue weighted by molar-refractivity contribution is -0.120. The normalized spacial score (nSPS) is 12.3. The van der Waals surface area contributed by atoms with Gasteiger partial charge in [0, 0.05) is 12.3 Å². The topological polar surface area (TPSA) is 17.1 Å². The van der Waals surface area contributed by atoms with Gasteiger partial charge < -0.3 is 0 Å². The first-order valence-electron chi connectivity index (χ1n) is 10.9. The van der Waals surface area contributed by atoms with Crippen LogP contribution in [-0.4, -0.2) is 5.78 Å². The SMILES string of the molecule is CCCCCCCCCCCCCCCC(=O)C(C)c1ccc(F)cc1. The highest BCUT2D eigenvalue weighted by Gasteiger charge is 2.14. The third kappa shape index (κ3) is 10.7. The van der Waals surface area contributed by atoms with Gasteiger partial charge >= 0.3 is 0 Å². The summed E-state index contributed by atoms with van der Waals surface area (Å²) in [5.74, 6) is -0.0856. The largest absolute Gasteiger partial charge is 0.299 e. The van der Waals surface area contributed by atoms with E-state index in [-0.39, 0.29) is 17.5 Å². The Kier molecular flexibility index (Phi) is 13.1. The predicted octanol–water partition coefficient (Wildman–Crippen LogP) is 7.98. The number of unbranched alkanes of at least 4 members (excludes halogenated alkanes) is 12. The maximum absolute atomic E-state index is 12.9. The summed E-state index contributed by atoms with van der Waals surface area (Å²) in [6.07, 6.45) is 17.8. The molecule has 0 aliphatic carbocycles. The second-order valence-corrected chi connectivity index (χ2v) is 7.73. The van der Waals surface area contributed by atoms with Crippen molar-refractivity contribution in [2.75, 3.05) is 0 Å². The van der Waals surface area contributed by atoms with Crippen LogP contribution in [0.5, 0.6) is 0 Å². The van der Waals surface area contributed by atoms with Crippen LogP contribution in [0.2, 0.25) is 0 Å². The lowest BCUT2D eigenvalue weighted by Crippen LogP contribution is -2.08. The molecule has 0 bridgehead atoms. The Bertz CT molecular complexity index is 466. The number of benzene rings is 1. The molecule has 0 heterocycles. The number of halogens is 1. The molecular formula is C24H39FO. The Labute approximate surface area is 160 Å². The van der Waals surface area contributed by atoms with E-state index >= 15 is 0 Å². The minimum Gasteiger partial charge on any atom is -0.299 e. The molecule has 0 aromatic heterocycles. The third-order valence-electron chi connectivity index (χ3n) is 5.38. The maximum Gasteiger partial charge on any atom is 0.140 e. The Hall–Kier alpha value is -1.18. The number of carbonyl (C=O) groups excluding carboxylic acids is 1. The summed E-state index contributed by atoms with van der Waals surface area (Å²) >= 11 is 0. The first-order valence-corrected chi connectivity index (χ1v) is 10.9. The third-order valence-corrected chi connectivity index (χ3v) is 5.38. The van der Waals surface area contributed by atoms with Gasteiger partial charge in [-0.3, -0.25) is 4.79 Å². The van der Waals surface area contributed by atoms with E-state index in [4.69, 9.17) is 0 Å². The van der Waals surface area contributed by atoms with Crippen LogP contribution in [0.25, 0.3) is 0 Å². The van der Waals surface area contributed by atoms with Gasteiger partial charge in [-0.15, -0.1) is 0 Å². The highest BCUT2D eigenvalue weighted by atomic mass is 19.1. The molecule has 1 aromatic rings. The standard InChI is InChI=1S/C24H39FO/c1-3-4-5-6-7-8-9-10-11-12-13-14-15-16-24(26)21(2)22-17-19-23(25)20-18-22/h17-21H,3-16H2,1-2H3. The first kappa shape index (κ1) is 22.9. The van der Waals surface area contributed by atoms with Gasteiger partial charge in [0.1, 0.15) is 11.6 Å². The zero-order chi connectivity index (χ0) is 19.0. The maximum atomic E-state index is 12.9. The van der Waals surface area contributed by atoms with Gasteiger partial charge in [0.05, 0.1) is 0 Å². The number of Topliss-reactive ketones (excluding diaryl/α,β-unsaturated/α-hetero) is 1. The molecule has 0 aliphatic rings. The molecule has 1 nitrogen and oxygen atoms in total. The fraction of sp³-hybridized carbons (Fsp3) is 0.708. The van der Waals surface area contributed by atoms with Gasteiger partial charge in [-0.2, -0.15) is 0 Å². The molecule has 0 amide bonds. The second-order valence-electron chi connectivity index (χ2n) is 7.73. The van der Waals surface area contributed by atoms with Gasteiger partial charge in [0.2, 0.25) is 0 Å². The van der Waals surface area contributed by atoms with Crippen molar-refractivity contribution in [1.82, 2.24) is 0 Å². The van der Waals surface area contributed by atoms with Crippen molar-refractivity contribution in [3.63, 3.8) is 0 Å². The lowest BCUT2D eigenvalue weighted by Gasteiger charge is -2.10. The van der Waals surface area contributed by atoms with Crippen molar-refractivity contribution >= 4 is 5.78 Å². The second kappa shape index (κ2) is 14.9. The van der Waals surface area contributed by atoms with E-state index in [1.54, 1.807) is 12.1 Å². The Balaban J connectivity index is 1.94. The predicted molar refractivity (Wildman–Crippen MR) is 110 cm³/mol. The van der Waals surface area contributed by atoms with Crippen LogP contribution >= 0.6 is 0 Å². The Morgan fingerprint density at radius 1 is 0.769 bits per heavy atom. The summed E-state index contributed by atoms with van der Waals surface area (Å²) < 4.78 is 12.9. The molecule has 0 fully saturated rings. The van der Waals surface area contributed by atoms with Crippen molar-refractivity contribution in [2.45, 2.75) is 110 Å². The van der Waals surface area contributed by atoms with E-state index in [2.05, 4.69) is 6.92 Å². The van der Waals surface area contributed by atoms with Crippen molar-refractivity contribution < 1.29 is 9.18 Å². The quantitative estimate of drug-likeness (QED) is 0.272. The van der Waals surface area contributed by atoms with Crippen molar-refractivity contribution in [1.29, 1.82) is 0 Å². The summed E-state index contributed by atoms with van der Waals surface area (Å²) in [7, 11) is 0. The smallest absolute Gasteiger partial charge is 0.140 e. The number of rotatable bonds is 16. The van der Waals surface area contributed by atoms with E-state index in [1.165, 1.54) is 82.8 Å². The fourth-order valence-corrected chi connectivity index (χ4v) is 3.47. The van der Waals surface area contributed by atoms with E-state index < -0.39 is 0 Å². The van der Waals surface area contributed by atoms with Crippen molar-refractivity contribution in [3.8, 4) is 0 Å².